The zero-order chi connectivity index (χ0) is 25.9. The third-order valence-corrected chi connectivity index (χ3v) is 6.80. The third kappa shape index (κ3) is 5.30. The second-order valence-corrected chi connectivity index (χ2v) is 9.24. The van der Waals surface area contributed by atoms with E-state index in [1.54, 1.807) is 23.7 Å². The van der Waals surface area contributed by atoms with Crippen LogP contribution >= 0.6 is 0 Å². The molecular weight excluding hydrogens is 471 g/mol. The molecular formula is C29H29FN4O3. The zero-order valence-corrected chi connectivity index (χ0v) is 20.9. The minimum Gasteiger partial charge on any atom is -0.364 e. The molecule has 2 heterocycles. The fourth-order valence-electron chi connectivity index (χ4n) is 4.67. The molecule has 0 saturated heterocycles. The Hall–Kier alpha value is -3.88. The number of ether oxygens (including phenoxy) is 1. The number of hydrogen-bond donors (Lipinski definition) is 1. The number of carbonyl (C=O) groups excluding carboxylic acids is 1. The van der Waals surface area contributed by atoms with E-state index >= 15 is 0 Å². The van der Waals surface area contributed by atoms with Crippen molar-refractivity contribution in [2.45, 2.75) is 32.6 Å². The fourth-order valence-corrected chi connectivity index (χ4v) is 4.67. The predicted molar refractivity (Wildman–Crippen MR) is 138 cm³/mol. The highest BCUT2D eigenvalue weighted by Gasteiger charge is 2.23. The van der Waals surface area contributed by atoms with Gasteiger partial charge in [-0.1, -0.05) is 48.5 Å². The quantitative estimate of drug-likeness (QED) is 0.399. The SMILES string of the molecule is COC(O)c1ccc2c(c1)CCN(C(=O)Cn1nc(-c3ccc(F)c(C)c3)nc1-c1ccccc1)CC2. The van der Waals surface area contributed by atoms with Gasteiger partial charge in [-0.25, -0.2) is 14.1 Å². The minimum atomic E-state index is -0.964. The maximum Gasteiger partial charge on any atom is 0.244 e. The van der Waals surface area contributed by atoms with E-state index in [1.165, 1.54) is 18.7 Å². The fraction of sp³-hybridized carbons (Fsp3) is 0.276. The first-order chi connectivity index (χ1) is 17.9. The largest absolute Gasteiger partial charge is 0.364 e. The van der Waals surface area contributed by atoms with E-state index in [0.29, 0.717) is 47.8 Å². The van der Waals surface area contributed by atoms with E-state index in [-0.39, 0.29) is 18.3 Å². The van der Waals surface area contributed by atoms with E-state index in [4.69, 9.17) is 9.72 Å². The Morgan fingerprint density at radius 1 is 1.03 bits per heavy atom. The van der Waals surface area contributed by atoms with Crippen LogP contribution < -0.4 is 0 Å². The number of aryl methyl sites for hydroxylation is 1. The van der Waals surface area contributed by atoms with Gasteiger partial charge in [0.2, 0.25) is 5.91 Å². The smallest absolute Gasteiger partial charge is 0.244 e. The van der Waals surface area contributed by atoms with Crippen LogP contribution in [0.3, 0.4) is 0 Å². The minimum absolute atomic E-state index is 0.0430. The summed E-state index contributed by atoms with van der Waals surface area (Å²) < 4.78 is 20.5. The molecule has 8 heteroatoms. The highest BCUT2D eigenvalue weighted by atomic mass is 19.1. The number of hydrogen-bond acceptors (Lipinski definition) is 5. The lowest BCUT2D eigenvalue weighted by Crippen LogP contribution is -2.36. The summed E-state index contributed by atoms with van der Waals surface area (Å²) in [6.45, 7) is 2.91. The number of aromatic nitrogens is 3. The van der Waals surface area contributed by atoms with Crippen LogP contribution in [0.4, 0.5) is 4.39 Å². The summed E-state index contributed by atoms with van der Waals surface area (Å²) in [6.07, 6.45) is 0.455. The lowest BCUT2D eigenvalue weighted by molar-refractivity contribution is -0.131. The van der Waals surface area contributed by atoms with E-state index in [0.717, 1.165) is 17.5 Å². The average molecular weight is 501 g/mol. The maximum absolute atomic E-state index is 13.8. The first kappa shape index (κ1) is 24.8. The molecule has 190 valence electrons. The maximum atomic E-state index is 13.8. The molecule has 5 rings (SSSR count). The van der Waals surface area contributed by atoms with Crippen molar-refractivity contribution in [2.24, 2.45) is 0 Å². The number of fused-ring (bicyclic) bond motifs is 1. The van der Waals surface area contributed by atoms with Gasteiger partial charge in [-0.05, 0) is 54.7 Å². The molecule has 0 fully saturated rings. The molecule has 0 radical (unpaired) electrons. The predicted octanol–water partition coefficient (Wildman–Crippen LogP) is 4.32. The Balaban J connectivity index is 1.39. The van der Waals surface area contributed by atoms with Gasteiger partial charge in [-0.3, -0.25) is 4.79 Å². The first-order valence-electron chi connectivity index (χ1n) is 12.3. The summed E-state index contributed by atoms with van der Waals surface area (Å²) in [4.78, 5) is 20.0. The van der Waals surface area contributed by atoms with Crippen molar-refractivity contribution in [1.29, 1.82) is 0 Å². The van der Waals surface area contributed by atoms with Crippen molar-refractivity contribution in [3.05, 3.63) is 94.8 Å². The summed E-state index contributed by atoms with van der Waals surface area (Å²) in [5.74, 6) is 0.700. The molecule has 1 aliphatic rings. The number of nitrogens with zero attached hydrogens (tertiary/aromatic N) is 4. The third-order valence-electron chi connectivity index (χ3n) is 6.80. The Morgan fingerprint density at radius 3 is 2.51 bits per heavy atom. The van der Waals surface area contributed by atoms with Gasteiger partial charge in [0.15, 0.2) is 17.9 Å². The number of halogens is 1. The van der Waals surface area contributed by atoms with Crippen LogP contribution in [0.25, 0.3) is 22.8 Å². The number of amides is 1. The number of aliphatic hydroxyl groups is 1. The number of methoxy groups -OCH3 is 1. The molecule has 7 nitrogen and oxygen atoms in total. The molecule has 1 amide bonds. The zero-order valence-electron chi connectivity index (χ0n) is 20.9. The van der Waals surface area contributed by atoms with Crippen LogP contribution in [0.5, 0.6) is 0 Å². The van der Waals surface area contributed by atoms with Crippen molar-refractivity contribution >= 4 is 5.91 Å². The Labute approximate surface area is 215 Å². The molecule has 0 spiro atoms. The number of benzene rings is 3. The molecule has 0 bridgehead atoms. The molecule has 1 unspecified atom stereocenters. The summed E-state index contributed by atoms with van der Waals surface area (Å²) in [7, 11) is 1.47. The summed E-state index contributed by atoms with van der Waals surface area (Å²) in [5, 5.41) is 14.7. The van der Waals surface area contributed by atoms with E-state index in [9.17, 15) is 14.3 Å². The molecule has 1 aromatic heterocycles. The van der Waals surface area contributed by atoms with Gasteiger partial charge in [-0.2, -0.15) is 0 Å². The molecule has 1 aliphatic heterocycles. The molecule has 37 heavy (non-hydrogen) atoms. The van der Waals surface area contributed by atoms with Gasteiger partial charge in [-0.15, -0.1) is 5.10 Å². The van der Waals surface area contributed by atoms with E-state index < -0.39 is 6.29 Å². The van der Waals surface area contributed by atoms with Crippen molar-refractivity contribution in [2.75, 3.05) is 20.2 Å². The number of carbonyl (C=O) groups is 1. The van der Waals surface area contributed by atoms with E-state index in [1.807, 2.05) is 53.4 Å². The first-order valence-corrected chi connectivity index (χ1v) is 12.3. The molecule has 3 aromatic carbocycles. The molecule has 1 atom stereocenters. The second kappa shape index (κ2) is 10.6. The molecule has 1 N–H and O–H groups in total. The van der Waals surface area contributed by atoms with Crippen molar-refractivity contribution in [1.82, 2.24) is 19.7 Å². The molecule has 4 aromatic rings. The van der Waals surface area contributed by atoms with Crippen LogP contribution in [0, 0.1) is 12.7 Å². The highest BCUT2D eigenvalue weighted by Crippen LogP contribution is 2.25. The van der Waals surface area contributed by atoms with Crippen LogP contribution in [0.2, 0.25) is 0 Å². The molecule has 0 saturated carbocycles. The van der Waals surface area contributed by atoms with Gasteiger partial charge in [0.1, 0.15) is 12.4 Å². The van der Waals surface area contributed by atoms with E-state index in [2.05, 4.69) is 5.10 Å². The number of rotatable bonds is 6. The van der Waals surface area contributed by atoms with Crippen LogP contribution in [0.1, 0.15) is 28.5 Å². The monoisotopic (exact) mass is 500 g/mol. The Bertz CT molecular complexity index is 1420. The van der Waals surface area contributed by atoms with Crippen LogP contribution in [-0.4, -0.2) is 50.9 Å². The normalized spacial score (nSPS) is 14.2. The molecule has 0 aliphatic carbocycles. The Kier molecular flexibility index (Phi) is 7.12. The van der Waals surface area contributed by atoms with Crippen LogP contribution in [-0.2, 0) is 28.9 Å². The van der Waals surface area contributed by atoms with Gasteiger partial charge in [0.05, 0.1) is 0 Å². The topological polar surface area (TPSA) is 80.5 Å². The van der Waals surface area contributed by atoms with Gasteiger partial charge >= 0.3 is 0 Å². The second-order valence-electron chi connectivity index (χ2n) is 9.24. The number of aliphatic hydroxyl groups excluding tert-OH is 1. The van der Waals surface area contributed by atoms with Gasteiger partial charge < -0.3 is 14.7 Å². The lowest BCUT2D eigenvalue weighted by atomic mass is 10.00. The average Bonchev–Trinajstić information content (AvgIpc) is 3.21. The van der Waals surface area contributed by atoms with Crippen molar-refractivity contribution in [3.63, 3.8) is 0 Å². The van der Waals surface area contributed by atoms with Crippen LogP contribution in [0.15, 0.2) is 66.7 Å². The van der Waals surface area contributed by atoms with Gasteiger partial charge in [0, 0.05) is 36.9 Å². The van der Waals surface area contributed by atoms with Crippen molar-refractivity contribution < 1.29 is 19.0 Å². The lowest BCUT2D eigenvalue weighted by Gasteiger charge is -2.20. The van der Waals surface area contributed by atoms with Crippen molar-refractivity contribution in [3.8, 4) is 22.8 Å². The highest BCUT2D eigenvalue weighted by molar-refractivity contribution is 5.77. The summed E-state index contributed by atoms with van der Waals surface area (Å²) in [6, 6.07) is 20.2. The Morgan fingerprint density at radius 2 is 1.78 bits per heavy atom. The van der Waals surface area contributed by atoms with Gasteiger partial charge in [0.25, 0.3) is 0 Å². The summed E-state index contributed by atoms with van der Waals surface area (Å²) in [5.41, 5.74) is 5.05. The summed E-state index contributed by atoms with van der Waals surface area (Å²) >= 11 is 0. The standard InChI is InChI=1S/C29H29FN4O3/c1-19-16-23(10-11-25(19)30)27-31-28(21-6-4-3-5-7-21)34(32-27)18-26(35)33-14-12-20-8-9-24(29(36)37-2)17-22(20)13-15-33/h3-11,16-17,29,36H,12-15,18H2,1-2H3.